The Bertz CT molecular complexity index is 1510. The molecule has 5 rings (SSSR count). The molecule has 0 fully saturated rings. The van der Waals surface area contributed by atoms with Gasteiger partial charge in [0.05, 0.1) is 20.6 Å². The maximum absolute atomic E-state index is 13.9. The van der Waals surface area contributed by atoms with Gasteiger partial charge in [-0.25, -0.2) is 0 Å². The van der Waals surface area contributed by atoms with Gasteiger partial charge in [0.2, 0.25) is 4.21 Å². The van der Waals surface area contributed by atoms with Gasteiger partial charge in [0.15, 0.2) is 0 Å². The van der Waals surface area contributed by atoms with Crippen LogP contribution < -0.4 is 0 Å². The van der Waals surface area contributed by atoms with Crippen LogP contribution in [0.3, 0.4) is 0 Å². The maximum atomic E-state index is 13.9. The predicted molar refractivity (Wildman–Crippen MR) is 138 cm³/mol. The lowest BCUT2D eigenvalue weighted by atomic mass is 10.2. The van der Waals surface area contributed by atoms with E-state index in [-0.39, 0.29) is 10.6 Å². The highest BCUT2D eigenvalue weighted by molar-refractivity contribution is 8.29. The first-order chi connectivity index (χ1) is 16.9. The number of benzene rings is 4. The second-order valence-corrected chi connectivity index (χ2v) is 12.9. The van der Waals surface area contributed by atoms with E-state index in [0.29, 0.717) is 10.1 Å². The van der Waals surface area contributed by atoms with Gasteiger partial charge in [-0.2, -0.15) is 12.7 Å². The Morgan fingerprint density at radius 2 is 1.09 bits per heavy atom. The van der Waals surface area contributed by atoms with Gasteiger partial charge >= 0.3 is 15.8 Å². The molecule has 1 aromatic heterocycles. The molecule has 0 spiro atoms. The summed E-state index contributed by atoms with van der Waals surface area (Å²) in [5.74, 6) is 0. The van der Waals surface area contributed by atoms with Gasteiger partial charge in [-0.05, 0) is 48.5 Å². The summed E-state index contributed by atoms with van der Waals surface area (Å²) in [7, 11) is -7.33. The molecule has 1 heterocycles. The molecular weight excluding hydrogens is 502 g/mol. The summed E-state index contributed by atoms with van der Waals surface area (Å²) in [6.07, 6.45) is 0. The van der Waals surface area contributed by atoms with Crippen molar-refractivity contribution in [3.8, 4) is 0 Å². The lowest BCUT2D eigenvalue weighted by molar-refractivity contribution is -0.697. The van der Waals surface area contributed by atoms with E-state index < -0.39 is 24.6 Å². The zero-order chi connectivity index (χ0) is 24.5. The summed E-state index contributed by atoms with van der Waals surface area (Å²) < 4.78 is 40.9. The zero-order valence-electron chi connectivity index (χ0n) is 18.2. The van der Waals surface area contributed by atoms with Crippen LogP contribution >= 0.6 is 21.6 Å². The smallest absolute Gasteiger partial charge is 0.281 e. The van der Waals surface area contributed by atoms with Gasteiger partial charge in [0.1, 0.15) is 0 Å². The Kier molecular flexibility index (Phi) is 6.16. The first-order valence-electron chi connectivity index (χ1n) is 10.6. The van der Waals surface area contributed by atoms with Crippen molar-refractivity contribution in [2.45, 2.75) is 18.9 Å². The van der Waals surface area contributed by atoms with Crippen LogP contribution in [-0.2, 0) is 14.4 Å². The van der Waals surface area contributed by atoms with Crippen LogP contribution in [-0.4, -0.2) is 17.9 Å². The molecule has 0 atom stereocenters. The van der Waals surface area contributed by atoms with Crippen LogP contribution in [0.1, 0.15) is 0 Å². The minimum Gasteiger partial charge on any atom is -0.281 e. The average molecular weight is 523 g/mol. The molecule has 4 aromatic carbocycles. The third-order valence-electron chi connectivity index (χ3n) is 5.36. The fourth-order valence-corrected chi connectivity index (χ4v) is 8.86. The van der Waals surface area contributed by atoms with Crippen LogP contribution in [0.25, 0.3) is 10.1 Å². The van der Waals surface area contributed by atoms with Crippen LogP contribution in [0.2, 0.25) is 0 Å². The minimum atomic E-state index is -4.68. The van der Waals surface area contributed by atoms with Gasteiger partial charge in [-0.15, -0.1) is 11.3 Å². The first kappa shape index (κ1) is 23.3. The molecule has 0 amide bonds. The molecular formula is C26H20NO5S3+. The normalized spacial score (nSPS) is 12.4. The number of fused-ring (bicyclic) bond motifs is 1. The van der Waals surface area contributed by atoms with E-state index in [0.717, 1.165) is 26.0 Å². The topological polar surface area (TPSA) is 83.7 Å². The maximum Gasteiger partial charge on any atom is 0.357 e. The average Bonchev–Trinajstić information content (AvgIpc) is 3.29. The molecule has 0 radical (unpaired) electrons. The molecule has 0 saturated carbocycles. The number of hydrogen-bond acceptors (Lipinski definition) is 5. The monoisotopic (exact) mass is 522 g/mol. The molecule has 0 bridgehead atoms. The Labute approximate surface area is 208 Å². The second kappa shape index (κ2) is 9.27. The Morgan fingerprint density at radius 1 is 0.657 bits per heavy atom. The van der Waals surface area contributed by atoms with Crippen molar-refractivity contribution in [1.82, 2.24) is 0 Å². The summed E-state index contributed by atoms with van der Waals surface area (Å²) in [4.78, 5) is 16.4. The van der Waals surface area contributed by atoms with E-state index in [2.05, 4.69) is 0 Å². The van der Waals surface area contributed by atoms with E-state index in [1.165, 1.54) is 0 Å². The summed E-state index contributed by atoms with van der Waals surface area (Å²) in [6.45, 7) is 0. The molecule has 0 aliphatic rings. The minimum absolute atomic E-state index is 0.243. The van der Waals surface area contributed by atoms with Crippen LogP contribution in [0, 0.1) is 4.91 Å². The highest BCUT2D eigenvalue weighted by atomic mass is 32.3. The Balaban J connectivity index is 1.79. The first-order valence-corrected chi connectivity index (χ1v) is 14.4. The van der Waals surface area contributed by atoms with Crippen molar-refractivity contribution >= 4 is 47.5 Å². The summed E-state index contributed by atoms with van der Waals surface area (Å²) >= 11 is 0.822. The SMILES string of the molecule is O=[N+](OS(c1ccccc1)(c1ccccc1)c1ccccc1)c1c(S(=O)(=O)O)sc2ccccc12. The molecule has 0 saturated heterocycles. The van der Waals surface area contributed by atoms with Crippen molar-refractivity contribution in [3.63, 3.8) is 0 Å². The largest absolute Gasteiger partial charge is 0.357 e. The van der Waals surface area contributed by atoms with Crippen molar-refractivity contribution in [2.24, 2.45) is 0 Å². The summed E-state index contributed by atoms with van der Waals surface area (Å²) in [5.41, 5.74) is -0.243. The van der Waals surface area contributed by atoms with Gasteiger partial charge in [0.25, 0.3) is 4.92 Å². The van der Waals surface area contributed by atoms with Gasteiger partial charge < -0.3 is 0 Å². The van der Waals surface area contributed by atoms with Crippen LogP contribution in [0.5, 0.6) is 0 Å². The summed E-state index contributed by atoms with van der Waals surface area (Å²) in [6, 6.07) is 34.9. The fraction of sp³-hybridized carbons (Fsp3) is 0. The van der Waals surface area contributed by atoms with E-state index in [4.69, 9.17) is 4.28 Å². The molecule has 0 unspecified atom stereocenters. The predicted octanol–water partition coefficient (Wildman–Crippen LogP) is 7.39. The van der Waals surface area contributed by atoms with E-state index in [1.807, 2.05) is 91.0 Å². The quantitative estimate of drug-likeness (QED) is 0.178. The number of thiophene rings is 1. The van der Waals surface area contributed by atoms with Crippen molar-refractivity contribution in [3.05, 3.63) is 120 Å². The molecule has 6 nitrogen and oxygen atoms in total. The molecule has 35 heavy (non-hydrogen) atoms. The molecule has 176 valence electrons. The highest BCUT2D eigenvalue weighted by Crippen LogP contribution is 2.69. The van der Waals surface area contributed by atoms with Crippen LogP contribution in [0.15, 0.2) is 134 Å². The second-order valence-electron chi connectivity index (χ2n) is 7.54. The van der Waals surface area contributed by atoms with E-state index >= 15 is 0 Å². The van der Waals surface area contributed by atoms with Crippen LogP contribution in [0.4, 0.5) is 5.69 Å². The van der Waals surface area contributed by atoms with E-state index in [9.17, 15) is 17.9 Å². The Hall–Kier alpha value is -3.50. The molecule has 0 aliphatic heterocycles. The van der Waals surface area contributed by atoms with Gasteiger partial charge in [0, 0.05) is 19.4 Å². The van der Waals surface area contributed by atoms with Crippen molar-refractivity contribution in [1.29, 1.82) is 0 Å². The van der Waals surface area contributed by atoms with Crippen molar-refractivity contribution in [2.75, 3.05) is 0 Å². The number of nitrogens with zero attached hydrogens (tertiary/aromatic N) is 1. The standard InChI is InChI=1S/C26H19NO5S3/c28-27(25-23-18-10-11-19-24(23)33-26(25)35(29,30)31)32-34(20-12-4-1-5-13-20,21-14-6-2-7-15-21)22-16-8-3-9-17-22/h1-19H/p+1. The Morgan fingerprint density at radius 3 is 1.54 bits per heavy atom. The molecule has 1 N–H and O–H groups in total. The third kappa shape index (κ3) is 4.23. The van der Waals surface area contributed by atoms with Gasteiger partial charge in [-0.1, -0.05) is 66.7 Å². The molecule has 5 aromatic rings. The highest BCUT2D eigenvalue weighted by Gasteiger charge is 2.44. The number of rotatable bonds is 7. The van der Waals surface area contributed by atoms with E-state index in [1.54, 1.807) is 24.3 Å². The van der Waals surface area contributed by atoms with Crippen molar-refractivity contribution < 1.29 is 22.2 Å². The third-order valence-corrected chi connectivity index (χ3v) is 11.0. The molecule has 9 heteroatoms. The zero-order valence-corrected chi connectivity index (χ0v) is 20.7. The van der Waals surface area contributed by atoms with Gasteiger partial charge in [-0.3, -0.25) is 4.55 Å². The number of hydrogen-bond donors (Lipinski definition) is 1. The molecule has 0 aliphatic carbocycles. The lowest BCUT2D eigenvalue weighted by Gasteiger charge is -2.33. The fourth-order valence-electron chi connectivity index (χ4n) is 3.87. The summed E-state index contributed by atoms with van der Waals surface area (Å²) in [5, 5.41) is 0.377. The lowest BCUT2D eigenvalue weighted by Crippen LogP contribution is -2.14.